The zero-order valence-electron chi connectivity index (χ0n) is 12.6. The van der Waals surface area contributed by atoms with E-state index in [4.69, 9.17) is 9.47 Å². The van der Waals surface area contributed by atoms with Gasteiger partial charge < -0.3 is 14.8 Å². The summed E-state index contributed by atoms with van der Waals surface area (Å²) in [4.78, 5) is 0. The van der Waals surface area contributed by atoms with Gasteiger partial charge in [0.05, 0.1) is 5.60 Å². The number of rotatable bonds is 3. The minimum absolute atomic E-state index is 0.0631. The lowest BCUT2D eigenvalue weighted by Crippen LogP contribution is -2.50. The number of hydrogen-bond donors (Lipinski definition) is 1. The molecule has 0 radical (unpaired) electrons. The molecule has 21 heavy (non-hydrogen) atoms. The van der Waals surface area contributed by atoms with Crippen molar-refractivity contribution in [2.45, 2.75) is 50.3 Å². The molecule has 2 heterocycles. The minimum Gasteiger partial charge on any atom is -0.381 e. The van der Waals surface area contributed by atoms with Crippen LogP contribution in [0.15, 0.2) is 28.7 Å². The van der Waals surface area contributed by atoms with Crippen molar-refractivity contribution in [1.82, 2.24) is 5.32 Å². The summed E-state index contributed by atoms with van der Waals surface area (Å²) in [5, 5.41) is 3.79. The highest BCUT2D eigenvalue weighted by molar-refractivity contribution is 9.10. The highest BCUT2D eigenvalue weighted by Gasteiger charge is 2.39. The molecule has 1 aromatic rings. The molecule has 2 aliphatic rings. The lowest BCUT2D eigenvalue weighted by molar-refractivity contribution is -0.140. The first-order valence-electron chi connectivity index (χ1n) is 7.90. The largest absolute Gasteiger partial charge is 0.381 e. The summed E-state index contributed by atoms with van der Waals surface area (Å²) in [7, 11) is 0. The monoisotopic (exact) mass is 353 g/mol. The van der Waals surface area contributed by atoms with Crippen molar-refractivity contribution in [2.75, 3.05) is 19.8 Å². The van der Waals surface area contributed by atoms with E-state index in [1.807, 2.05) is 0 Å². The Balaban J connectivity index is 1.60. The maximum absolute atomic E-state index is 6.11. The fourth-order valence-electron chi connectivity index (χ4n) is 3.46. The third-order valence-corrected chi connectivity index (χ3v) is 5.28. The van der Waals surface area contributed by atoms with Crippen LogP contribution in [0.25, 0.3) is 0 Å². The van der Waals surface area contributed by atoms with Crippen molar-refractivity contribution in [1.29, 1.82) is 0 Å². The Bertz CT molecular complexity index is 451. The second-order valence-corrected chi connectivity index (χ2v) is 7.19. The maximum Gasteiger partial charge on any atom is 0.0741 e. The summed E-state index contributed by atoms with van der Waals surface area (Å²) >= 11 is 3.49. The van der Waals surface area contributed by atoms with Gasteiger partial charge in [0.15, 0.2) is 0 Å². The van der Waals surface area contributed by atoms with Crippen LogP contribution in [-0.2, 0) is 9.47 Å². The van der Waals surface area contributed by atoms with E-state index >= 15 is 0 Å². The SMILES string of the molecule is C[C@@H](NC1CCOC2(CCOCC2)C1)c1ccc(Br)cc1. The van der Waals surface area contributed by atoms with Gasteiger partial charge in [0.1, 0.15) is 0 Å². The molecular formula is C17H24BrNO2. The van der Waals surface area contributed by atoms with Crippen LogP contribution in [0.5, 0.6) is 0 Å². The van der Waals surface area contributed by atoms with Crippen molar-refractivity contribution >= 4 is 15.9 Å². The summed E-state index contributed by atoms with van der Waals surface area (Å²) < 4.78 is 12.7. The van der Waals surface area contributed by atoms with Crippen LogP contribution in [0.3, 0.4) is 0 Å². The number of benzene rings is 1. The topological polar surface area (TPSA) is 30.5 Å². The molecule has 2 fully saturated rings. The fraction of sp³-hybridized carbons (Fsp3) is 0.647. The predicted octanol–water partition coefficient (Wildman–Crippen LogP) is 3.83. The van der Waals surface area contributed by atoms with Gasteiger partial charge in [-0.1, -0.05) is 28.1 Å². The molecule has 1 aromatic carbocycles. The van der Waals surface area contributed by atoms with Crippen LogP contribution >= 0.6 is 15.9 Å². The molecule has 1 unspecified atom stereocenters. The number of hydrogen-bond acceptors (Lipinski definition) is 3. The molecule has 2 saturated heterocycles. The quantitative estimate of drug-likeness (QED) is 0.895. The standard InChI is InChI=1S/C17H24BrNO2/c1-13(14-2-4-15(18)5-3-14)19-16-6-9-21-17(12-16)7-10-20-11-8-17/h2-5,13,16,19H,6-12H2,1H3/t13-,16?/m1/s1. The molecule has 1 spiro atoms. The Hall–Kier alpha value is -0.420. The highest BCUT2D eigenvalue weighted by atomic mass is 79.9. The molecular weight excluding hydrogens is 330 g/mol. The van der Waals surface area contributed by atoms with Gasteiger partial charge in [0.25, 0.3) is 0 Å². The second-order valence-electron chi connectivity index (χ2n) is 6.27. The van der Waals surface area contributed by atoms with E-state index in [0.717, 1.165) is 50.0 Å². The average molecular weight is 354 g/mol. The van der Waals surface area contributed by atoms with Crippen LogP contribution in [0.2, 0.25) is 0 Å². The highest BCUT2D eigenvalue weighted by Crippen LogP contribution is 2.35. The Morgan fingerprint density at radius 2 is 1.90 bits per heavy atom. The molecule has 2 atom stereocenters. The number of halogens is 1. The average Bonchev–Trinajstić information content (AvgIpc) is 2.49. The summed E-state index contributed by atoms with van der Waals surface area (Å²) in [5.41, 5.74) is 1.40. The van der Waals surface area contributed by atoms with Crippen LogP contribution in [0.4, 0.5) is 0 Å². The third kappa shape index (κ3) is 3.86. The molecule has 3 nitrogen and oxygen atoms in total. The lowest BCUT2D eigenvalue weighted by atomic mass is 9.83. The van der Waals surface area contributed by atoms with E-state index in [2.05, 4.69) is 52.4 Å². The van der Waals surface area contributed by atoms with Crippen molar-refractivity contribution < 1.29 is 9.47 Å². The van der Waals surface area contributed by atoms with Crippen molar-refractivity contribution in [2.24, 2.45) is 0 Å². The Kier molecular flexibility index (Phi) is 4.99. The molecule has 0 aromatic heterocycles. The zero-order valence-corrected chi connectivity index (χ0v) is 14.2. The fourth-order valence-corrected chi connectivity index (χ4v) is 3.73. The number of nitrogens with one attached hydrogen (secondary N) is 1. The molecule has 1 N–H and O–H groups in total. The summed E-state index contributed by atoms with van der Waals surface area (Å²) in [6, 6.07) is 9.50. The molecule has 0 saturated carbocycles. The second kappa shape index (κ2) is 6.78. The van der Waals surface area contributed by atoms with Crippen molar-refractivity contribution in [3.63, 3.8) is 0 Å². The van der Waals surface area contributed by atoms with Crippen molar-refractivity contribution in [3.05, 3.63) is 34.3 Å². The van der Waals surface area contributed by atoms with Gasteiger partial charge in [-0.2, -0.15) is 0 Å². The van der Waals surface area contributed by atoms with Crippen LogP contribution < -0.4 is 5.32 Å². The first-order chi connectivity index (χ1) is 10.2. The summed E-state index contributed by atoms with van der Waals surface area (Å²) in [6.07, 6.45) is 4.29. The van der Waals surface area contributed by atoms with Crippen LogP contribution in [-0.4, -0.2) is 31.5 Å². The van der Waals surface area contributed by atoms with E-state index < -0.39 is 0 Å². The van der Waals surface area contributed by atoms with Crippen molar-refractivity contribution in [3.8, 4) is 0 Å². The van der Waals surface area contributed by atoms with E-state index in [9.17, 15) is 0 Å². The van der Waals surface area contributed by atoms with Crippen LogP contribution in [0.1, 0.15) is 44.2 Å². The Morgan fingerprint density at radius 1 is 1.19 bits per heavy atom. The molecule has 0 amide bonds. The van der Waals surface area contributed by atoms with Gasteiger partial charge >= 0.3 is 0 Å². The van der Waals surface area contributed by atoms with Gasteiger partial charge in [-0.05, 0) is 50.3 Å². The molecule has 0 bridgehead atoms. The molecule has 2 aliphatic heterocycles. The van der Waals surface area contributed by atoms with Gasteiger partial charge in [0.2, 0.25) is 0 Å². The molecule has 0 aliphatic carbocycles. The molecule has 116 valence electrons. The van der Waals surface area contributed by atoms with E-state index in [1.54, 1.807) is 0 Å². The van der Waals surface area contributed by atoms with Gasteiger partial charge in [0, 0.05) is 36.4 Å². The molecule has 3 rings (SSSR count). The summed E-state index contributed by atoms with van der Waals surface area (Å²) in [6.45, 7) is 4.80. The minimum atomic E-state index is 0.0631. The predicted molar refractivity (Wildman–Crippen MR) is 87.5 cm³/mol. The van der Waals surface area contributed by atoms with E-state index in [-0.39, 0.29) is 5.60 Å². The van der Waals surface area contributed by atoms with Crippen LogP contribution in [0, 0.1) is 0 Å². The lowest BCUT2D eigenvalue weighted by Gasteiger charge is -2.44. The first-order valence-corrected chi connectivity index (χ1v) is 8.69. The summed E-state index contributed by atoms with van der Waals surface area (Å²) in [5.74, 6) is 0. The first kappa shape index (κ1) is 15.5. The maximum atomic E-state index is 6.11. The Labute approximate surface area is 135 Å². The smallest absolute Gasteiger partial charge is 0.0741 e. The van der Waals surface area contributed by atoms with E-state index in [0.29, 0.717) is 12.1 Å². The number of ether oxygens (including phenoxy) is 2. The third-order valence-electron chi connectivity index (χ3n) is 4.75. The zero-order chi connectivity index (χ0) is 14.7. The van der Waals surface area contributed by atoms with Gasteiger partial charge in [-0.3, -0.25) is 0 Å². The molecule has 4 heteroatoms. The Morgan fingerprint density at radius 3 is 2.62 bits per heavy atom. The van der Waals surface area contributed by atoms with Gasteiger partial charge in [-0.25, -0.2) is 0 Å². The van der Waals surface area contributed by atoms with Gasteiger partial charge in [-0.15, -0.1) is 0 Å². The van der Waals surface area contributed by atoms with E-state index in [1.165, 1.54) is 5.56 Å². The normalized spacial score (nSPS) is 26.7.